The fourth-order valence-electron chi connectivity index (χ4n) is 4.27. The van der Waals surface area contributed by atoms with Crippen LogP contribution in [0.4, 0.5) is 0 Å². The molecule has 3 unspecified atom stereocenters. The Morgan fingerprint density at radius 1 is 1.23 bits per heavy atom. The second-order valence-corrected chi connectivity index (χ2v) is 8.29. The number of aliphatic hydroxyl groups excluding tert-OH is 2. The lowest BCUT2D eigenvalue weighted by Gasteiger charge is -2.43. The summed E-state index contributed by atoms with van der Waals surface area (Å²) in [5.74, 6) is -0.122. The zero-order valence-corrected chi connectivity index (χ0v) is 19.0. The summed E-state index contributed by atoms with van der Waals surface area (Å²) < 4.78 is 6.16. The van der Waals surface area contributed by atoms with Crippen LogP contribution in [0.15, 0.2) is 60.4 Å². The Bertz CT molecular complexity index is 867. The van der Waals surface area contributed by atoms with E-state index in [1.165, 1.54) is 0 Å². The van der Waals surface area contributed by atoms with E-state index in [1.807, 2.05) is 32.9 Å². The van der Waals surface area contributed by atoms with Crippen LogP contribution in [-0.4, -0.2) is 38.7 Å². The number of allylic oxidation sites excluding steroid dienone is 3. The number of phenols is 2. The average Bonchev–Trinajstić information content (AvgIpc) is 2.73. The van der Waals surface area contributed by atoms with E-state index in [0.717, 1.165) is 12.0 Å². The summed E-state index contributed by atoms with van der Waals surface area (Å²) in [6.07, 6.45) is 10.4. The maximum atomic E-state index is 10.9. The topological polar surface area (TPSA) is 90.2 Å². The summed E-state index contributed by atoms with van der Waals surface area (Å²) in [5, 5.41) is 41.4. The lowest BCUT2D eigenvalue weighted by atomic mass is 9.68. The smallest absolute Gasteiger partial charge is 0.125 e. The quantitative estimate of drug-likeness (QED) is 0.366. The minimum absolute atomic E-state index is 0.0378. The molecule has 4 atom stereocenters. The molecule has 4 N–H and O–H groups in total. The van der Waals surface area contributed by atoms with Crippen LogP contribution in [0.5, 0.6) is 11.5 Å². The van der Waals surface area contributed by atoms with Crippen LogP contribution in [0.2, 0.25) is 0 Å². The molecule has 31 heavy (non-hydrogen) atoms. The molecule has 1 aliphatic rings. The number of hydrogen-bond acceptors (Lipinski definition) is 5. The predicted octanol–water partition coefficient (Wildman–Crippen LogP) is 5.58. The van der Waals surface area contributed by atoms with Crippen LogP contribution < -0.4 is 0 Å². The molecule has 0 bridgehead atoms. The second kappa shape index (κ2) is 10.7. The molecule has 0 heterocycles. The van der Waals surface area contributed by atoms with Crippen LogP contribution in [0.3, 0.4) is 0 Å². The van der Waals surface area contributed by atoms with E-state index >= 15 is 0 Å². The monoisotopic (exact) mass is 428 g/mol. The molecule has 170 valence electrons. The normalized spacial score (nSPS) is 23.3. The van der Waals surface area contributed by atoms with Gasteiger partial charge in [0.15, 0.2) is 0 Å². The molecule has 5 nitrogen and oxygen atoms in total. The number of phenolic OH excluding ortho intramolecular Hbond substituents is 2. The van der Waals surface area contributed by atoms with Gasteiger partial charge in [0.1, 0.15) is 17.3 Å². The number of ether oxygens (including phenoxy) is 1. The highest BCUT2D eigenvalue weighted by molar-refractivity contribution is 5.50. The summed E-state index contributed by atoms with van der Waals surface area (Å²) in [7, 11) is 0. The molecule has 0 saturated carbocycles. The summed E-state index contributed by atoms with van der Waals surface area (Å²) in [6.45, 7) is 11.6. The molecule has 0 aromatic heterocycles. The van der Waals surface area contributed by atoms with Crippen molar-refractivity contribution in [1.29, 1.82) is 0 Å². The Balaban J connectivity index is 2.49. The molecule has 5 heteroatoms. The molecule has 2 rings (SSSR count). The first-order valence-corrected chi connectivity index (χ1v) is 10.9. The molecule has 0 saturated heterocycles. The Morgan fingerprint density at radius 3 is 2.58 bits per heavy atom. The molecule has 0 spiro atoms. The van der Waals surface area contributed by atoms with Crippen molar-refractivity contribution in [3.63, 3.8) is 0 Å². The molecule has 1 aliphatic carbocycles. The van der Waals surface area contributed by atoms with Crippen molar-refractivity contribution in [2.75, 3.05) is 6.61 Å². The largest absolute Gasteiger partial charge is 0.508 e. The Kier molecular flexibility index (Phi) is 8.54. The lowest BCUT2D eigenvalue weighted by molar-refractivity contribution is -0.0376. The maximum absolute atomic E-state index is 10.9. The summed E-state index contributed by atoms with van der Waals surface area (Å²) in [4.78, 5) is 0. The lowest BCUT2D eigenvalue weighted by Crippen LogP contribution is -2.43. The highest BCUT2D eigenvalue weighted by Gasteiger charge is 2.44. The Labute approximate surface area is 185 Å². The zero-order chi connectivity index (χ0) is 23.2. The van der Waals surface area contributed by atoms with Gasteiger partial charge in [-0.15, -0.1) is 6.58 Å². The van der Waals surface area contributed by atoms with Crippen LogP contribution >= 0.6 is 0 Å². The van der Waals surface area contributed by atoms with Gasteiger partial charge in [-0.1, -0.05) is 30.4 Å². The molecule has 1 aromatic rings. The second-order valence-electron chi connectivity index (χ2n) is 8.29. The number of hydrogen-bond donors (Lipinski definition) is 4. The first-order chi connectivity index (χ1) is 14.7. The van der Waals surface area contributed by atoms with Gasteiger partial charge in [-0.05, 0) is 64.7 Å². The minimum Gasteiger partial charge on any atom is -0.508 e. The molecular formula is C26H36O5. The van der Waals surface area contributed by atoms with Crippen LogP contribution in [-0.2, 0) is 4.74 Å². The van der Waals surface area contributed by atoms with Crippen molar-refractivity contribution in [2.24, 2.45) is 5.92 Å². The molecule has 1 aromatic carbocycles. The number of rotatable bonds is 10. The molecule has 0 aliphatic heterocycles. The van der Waals surface area contributed by atoms with Gasteiger partial charge in [-0.2, -0.15) is 0 Å². The van der Waals surface area contributed by atoms with Gasteiger partial charge >= 0.3 is 0 Å². The third kappa shape index (κ3) is 5.41. The predicted molar refractivity (Wildman–Crippen MR) is 124 cm³/mol. The van der Waals surface area contributed by atoms with E-state index in [4.69, 9.17) is 4.74 Å². The maximum Gasteiger partial charge on any atom is 0.125 e. The number of aliphatic hydroxyl groups is 2. The fourth-order valence-corrected chi connectivity index (χ4v) is 4.27. The van der Waals surface area contributed by atoms with Crippen molar-refractivity contribution in [3.05, 3.63) is 71.6 Å². The van der Waals surface area contributed by atoms with Crippen molar-refractivity contribution in [1.82, 2.24) is 0 Å². The highest BCUT2D eigenvalue weighted by Crippen LogP contribution is 2.48. The van der Waals surface area contributed by atoms with E-state index in [1.54, 1.807) is 37.3 Å². The fraction of sp³-hybridized carbons (Fsp3) is 0.462. The van der Waals surface area contributed by atoms with Crippen molar-refractivity contribution >= 4 is 0 Å². The van der Waals surface area contributed by atoms with E-state index in [0.29, 0.717) is 30.6 Å². The third-order valence-electron chi connectivity index (χ3n) is 6.35. The SMILES string of the molecule is C=CCC[C@H](O)/C=C\CC(c1ccc(O)c(C)c1O)C1C=CC(O)=C(C)C1(C)OCC. The standard InChI is InChI=1S/C26H36O5/c1-6-8-10-19(27)11-9-12-20(21-13-15-23(28)17(3)25(21)30)22-14-16-24(29)18(4)26(22,5)31-7-2/h6,9,11,13-16,19-20,22,27-30H,1,7-8,10,12H2,2-5H3/b11-9-/t19-,20?,22?,26?/m0/s1. The molecule has 0 amide bonds. The molecule has 0 radical (unpaired) electrons. The zero-order valence-electron chi connectivity index (χ0n) is 19.0. The molecular weight excluding hydrogens is 392 g/mol. The molecule has 0 fully saturated rings. The van der Waals surface area contributed by atoms with E-state index in [-0.39, 0.29) is 29.1 Å². The third-order valence-corrected chi connectivity index (χ3v) is 6.35. The van der Waals surface area contributed by atoms with Crippen molar-refractivity contribution in [3.8, 4) is 11.5 Å². The minimum atomic E-state index is -0.772. The van der Waals surface area contributed by atoms with E-state index in [9.17, 15) is 20.4 Å². The first kappa shape index (κ1) is 24.8. The van der Waals surface area contributed by atoms with Gasteiger partial charge in [-0.3, -0.25) is 0 Å². The van der Waals surface area contributed by atoms with E-state index < -0.39 is 11.7 Å². The van der Waals surface area contributed by atoms with Gasteiger partial charge in [0, 0.05) is 29.6 Å². The van der Waals surface area contributed by atoms with E-state index in [2.05, 4.69) is 6.58 Å². The van der Waals surface area contributed by atoms with Crippen LogP contribution in [0.25, 0.3) is 0 Å². The Morgan fingerprint density at radius 2 is 1.94 bits per heavy atom. The van der Waals surface area contributed by atoms with Crippen molar-refractivity contribution in [2.45, 2.75) is 64.6 Å². The van der Waals surface area contributed by atoms with Crippen LogP contribution in [0, 0.1) is 12.8 Å². The van der Waals surface area contributed by atoms with Gasteiger partial charge in [-0.25, -0.2) is 0 Å². The average molecular weight is 429 g/mol. The van der Waals surface area contributed by atoms with Gasteiger partial charge in [0.05, 0.1) is 11.7 Å². The highest BCUT2D eigenvalue weighted by atomic mass is 16.5. The first-order valence-electron chi connectivity index (χ1n) is 10.9. The van der Waals surface area contributed by atoms with Crippen molar-refractivity contribution < 1.29 is 25.2 Å². The number of benzene rings is 1. The van der Waals surface area contributed by atoms with Gasteiger partial charge in [0.2, 0.25) is 0 Å². The summed E-state index contributed by atoms with van der Waals surface area (Å²) in [6, 6.07) is 3.32. The Hall–Kier alpha value is -2.50. The number of aromatic hydroxyl groups is 2. The van der Waals surface area contributed by atoms with Crippen LogP contribution in [0.1, 0.15) is 57.1 Å². The van der Waals surface area contributed by atoms with Gasteiger partial charge in [0.25, 0.3) is 0 Å². The van der Waals surface area contributed by atoms with Gasteiger partial charge < -0.3 is 25.2 Å². The summed E-state index contributed by atoms with van der Waals surface area (Å²) in [5.41, 5.74) is 1.07. The summed E-state index contributed by atoms with van der Waals surface area (Å²) >= 11 is 0.